The van der Waals surface area contributed by atoms with Crippen LogP contribution in [0.25, 0.3) is 0 Å². The fourth-order valence-corrected chi connectivity index (χ4v) is 6.13. The maximum Gasteiger partial charge on any atom is 0.288 e. The van der Waals surface area contributed by atoms with Crippen molar-refractivity contribution in [3.8, 4) is 5.88 Å². The van der Waals surface area contributed by atoms with Gasteiger partial charge in [-0.15, -0.1) is 0 Å². The number of carbonyl (C=O) groups is 3. The van der Waals surface area contributed by atoms with Crippen LogP contribution in [0.1, 0.15) is 71.1 Å². The van der Waals surface area contributed by atoms with Crippen LogP contribution in [-0.4, -0.2) is 54.5 Å². The van der Waals surface area contributed by atoms with Crippen LogP contribution in [0.15, 0.2) is 23.3 Å². The van der Waals surface area contributed by atoms with Gasteiger partial charge in [-0.05, 0) is 44.1 Å². The van der Waals surface area contributed by atoms with Crippen LogP contribution in [0.5, 0.6) is 5.88 Å². The van der Waals surface area contributed by atoms with Gasteiger partial charge in [-0.2, -0.15) is 0 Å². The summed E-state index contributed by atoms with van der Waals surface area (Å²) in [5, 5.41) is 2.85. The highest BCUT2D eigenvalue weighted by Crippen LogP contribution is 2.39. The van der Waals surface area contributed by atoms with Gasteiger partial charge in [-0.1, -0.05) is 44.9 Å². The number of fused-ring (bicyclic) bond motifs is 1. The van der Waals surface area contributed by atoms with E-state index in [0.29, 0.717) is 23.9 Å². The molecular formula is C27H38N4O4. The lowest BCUT2D eigenvalue weighted by Gasteiger charge is -2.30. The van der Waals surface area contributed by atoms with E-state index in [1.807, 2.05) is 6.92 Å². The molecule has 1 aromatic heterocycles. The summed E-state index contributed by atoms with van der Waals surface area (Å²) in [7, 11) is 3.21. The number of aliphatic imine (C=N–C) groups is 1. The molecule has 2 aliphatic carbocycles. The van der Waals surface area contributed by atoms with Crippen LogP contribution in [0.4, 0.5) is 5.69 Å². The number of nitrogens with zero attached hydrogens (tertiary/aromatic N) is 3. The van der Waals surface area contributed by atoms with Crippen molar-refractivity contribution < 1.29 is 19.1 Å². The van der Waals surface area contributed by atoms with Crippen molar-refractivity contribution in [3.63, 3.8) is 0 Å². The summed E-state index contributed by atoms with van der Waals surface area (Å²) >= 11 is 0. The molecule has 2 fully saturated rings. The number of likely N-dealkylation sites (N-methyl/N-ethyl adjacent to an activating group) is 1. The van der Waals surface area contributed by atoms with Crippen molar-refractivity contribution >= 4 is 29.0 Å². The SMILES string of the molecule is COc1ccc(N(C)C(=O)C(CC2CCCCC2)NC(=O)C(=O)C2C(C)=NC3CCCCC32)cn1. The number of ketones is 1. The number of nitrogens with one attached hydrogen (secondary N) is 1. The van der Waals surface area contributed by atoms with Gasteiger partial charge in [0, 0.05) is 18.8 Å². The molecule has 0 radical (unpaired) electrons. The number of amides is 2. The fourth-order valence-electron chi connectivity index (χ4n) is 6.13. The molecule has 0 saturated heterocycles. The molecule has 1 N–H and O–H groups in total. The van der Waals surface area contributed by atoms with Crippen LogP contribution in [0.3, 0.4) is 0 Å². The maximum atomic E-state index is 13.6. The molecule has 1 aliphatic heterocycles. The summed E-state index contributed by atoms with van der Waals surface area (Å²) in [6, 6.07) is 2.84. The molecular weight excluding hydrogens is 444 g/mol. The van der Waals surface area contributed by atoms with E-state index in [-0.39, 0.29) is 17.9 Å². The second-order valence-electron chi connectivity index (χ2n) is 10.3. The predicted octanol–water partition coefficient (Wildman–Crippen LogP) is 3.73. The summed E-state index contributed by atoms with van der Waals surface area (Å²) in [6.07, 6.45) is 11.8. The maximum absolute atomic E-state index is 13.6. The first-order valence-electron chi connectivity index (χ1n) is 13.1. The molecule has 8 nitrogen and oxygen atoms in total. The van der Waals surface area contributed by atoms with Gasteiger partial charge in [0.25, 0.3) is 5.91 Å². The van der Waals surface area contributed by atoms with Crippen LogP contribution in [-0.2, 0) is 14.4 Å². The molecule has 4 rings (SSSR count). The van der Waals surface area contributed by atoms with Crippen LogP contribution in [0, 0.1) is 17.8 Å². The lowest BCUT2D eigenvalue weighted by Crippen LogP contribution is -2.52. The van der Waals surface area contributed by atoms with Gasteiger partial charge in [0.05, 0.1) is 31.0 Å². The summed E-state index contributed by atoms with van der Waals surface area (Å²) in [4.78, 5) is 50.5. The molecule has 0 aromatic carbocycles. The Kier molecular flexibility index (Phi) is 8.19. The highest BCUT2D eigenvalue weighted by atomic mass is 16.5. The summed E-state index contributed by atoms with van der Waals surface area (Å²) < 4.78 is 5.11. The number of anilines is 1. The largest absolute Gasteiger partial charge is 0.481 e. The second kappa shape index (κ2) is 11.3. The van der Waals surface area contributed by atoms with Gasteiger partial charge in [0.2, 0.25) is 17.6 Å². The molecule has 4 unspecified atom stereocenters. The van der Waals surface area contributed by atoms with Crippen LogP contribution in [0.2, 0.25) is 0 Å². The van der Waals surface area contributed by atoms with E-state index in [2.05, 4.69) is 10.3 Å². The lowest BCUT2D eigenvalue weighted by molar-refractivity contribution is -0.141. The molecule has 2 heterocycles. The smallest absolute Gasteiger partial charge is 0.288 e. The van der Waals surface area contributed by atoms with E-state index in [9.17, 15) is 14.4 Å². The molecule has 0 spiro atoms. The van der Waals surface area contributed by atoms with E-state index >= 15 is 0 Å². The number of carbonyl (C=O) groups excluding carboxylic acids is 3. The average molecular weight is 483 g/mol. The fraction of sp³-hybridized carbons (Fsp3) is 0.667. The zero-order valence-electron chi connectivity index (χ0n) is 21.2. The Morgan fingerprint density at radius 3 is 2.49 bits per heavy atom. The highest BCUT2D eigenvalue weighted by Gasteiger charge is 2.44. The van der Waals surface area contributed by atoms with Crippen molar-refractivity contribution in [1.82, 2.24) is 10.3 Å². The Morgan fingerprint density at radius 1 is 1.09 bits per heavy atom. The first-order chi connectivity index (χ1) is 16.9. The van der Waals surface area contributed by atoms with E-state index in [1.165, 1.54) is 18.4 Å². The third-order valence-corrected chi connectivity index (χ3v) is 8.08. The number of pyridine rings is 1. The number of hydrogen-bond donors (Lipinski definition) is 1. The van der Waals surface area contributed by atoms with Gasteiger partial charge in [-0.3, -0.25) is 19.4 Å². The molecule has 1 aromatic rings. The molecule has 2 saturated carbocycles. The Morgan fingerprint density at radius 2 is 1.80 bits per heavy atom. The minimum absolute atomic E-state index is 0.113. The van der Waals surface area contributed by atoms with Crippen LogP contribution < -0.4 is 15.0 Å². The van der Waals surface area contributed by atoms with E-state index in [4.69, 9.17) is 9.73 Å². The molecule has 8 heteroatoms. The molecule has 4 atom stereocenters. The molecule has 190 valence electrons. The van der Waals surface area contributed by atoms with Crippen molar-refractivity contribution in [2.45, 2.75) is 83.2 Å². The number of ether oxygens (including phenoxy) is 1. The zero-order chi connectivity index (χ0) is 24.9. The Balaban J connectivity index is 1.49. The van der Waals surface area contributed by atoms with Crippen molar-refractivity contribution in [2.75, 3.05) is 19.1 Å². The third-order valence-electron chi connectivity index (χ3n) is 8.08. The Hall–Kier alpha value is -2.77. The Bertz CT molecular complexity index is 954. The topological polar surface area (TPSA) is 101 Å². The van der Waals surface area contributed by atoms with E-state index in [1.54, 1.807) is 25.4 Å². The molecule has 3 aliphatic rings. The Labute approximate surface area is 207 Å². The standard InChI is InChI=1S/C27H38N4O4/c1-17-24(20-11-7-8-12-21(20)29-17)25(32)26(33)30-22(15-18-9-5-4-6-10-18)27(34)31(2)19-13-14-23(35-3)28-16-19/h13-14,16,18,20-22,24H,4-12,15H2,1-3H3,(H,30,33). The lowest BCUT2D eigenvalue weighted by atomic mass is 9.76. The first kappa shape index (κ1) is 25.3. The summed E-state index contributed by atoms with van der Waals surface area (Å²) in [5.41, 5.74) is 1.37. The first-order valence-corrected chi connectivity index (χ1v) is 13.1. The predicted molar refractivity (Wildman–Crippen MR) is 135 cm³/mol. The van der Waals surface area contributed by atoms with Crippen molar-refractivity contribution in [3.05, 3.63) is 18.3 Å². The summed E-state index contributed by atoms with van der Waals surface area (Å²) in [6.45, 7) is 1.86. The highest BCUT2D eigenvalue weighted by molar-refractivity contribution is 6.41. The monoisotopic (exact) mass is 482 g/mol. The van der Waals surface area contributed by atoms with Gasteiger partial charge >= 0.3 is 0 Å². The van der Waals surface area contributed by atoms with Gasteiger partial charge in [0.15, 0.2) is 0 Å². The number of aromatic nitrogens is 1. The quantitative estimate of drug-likeness (QED) is 0.569. The van der Waals surface area contributed by atoms with Gasteiger partial charge in [0.1, 0.15) is 6.04 Å². The zero-order valence-corrected chi connectivity index (χ0v) is 21.2. The van der Waals surface area contributed by atoms with Crippen molar-refractivity contribution in [2.24, 2.45) is 22.7 Å². The normalized spacial score (nSPS) is 25.2. The average Bonchev–Trinajstić information content (AvgIpc) is 3.23. The second-order valence-corrected chi connectivity index (χ2v) is 10.3. The minimum atomic E-state index is -0.762. The van der Waals surface area contributed by atoms with Gasteiger partial charge in [-0.25, -0.2) is 4.98 Å². The number of hydrogen-bond acceptors (Lipinski definition) is 6. The molecule has 2 amide bonds. The minimum Gasteiger partial charge on any atom is -0.481 e. The van der Waals surface area contributed by atoms with Crippen molar-refractivity contribution in [1.29, 1.82) is 0 Å². The van der Waals surface area contributed by atoms with Crippen LogP contribution >= 0.6 is 0 Å². The van der Waals surface area contributed by atoms with E-state index in [0.717, 1.165) is 57.1 Å². The van der Waals surface area contributed by atoms with E-state index < -0.39 is 23.7 Å². The number of rotatable bonds is 8. The number of Topliss-reactive ketones (excluding diaryl/α,β-unsaturated/α-hetero) is 1. The third kappa shape index (κ3) is 5.73. The molecule has 35 heavy (non-hydrogen) atoms. The number of methoxy groups -OCH3 is 1. The summed E-state index contributed by atoms with van der Waals surface area (Å²) in [5.74, 6) is -0.884. The molecule has 0 bridgehead atoms. The van der Waals surface area contributed by atoms with Gasteiger partial charge < -0.3 is 15.0 Å².